The van der Waals surface area contributed by atoms with E-state index in [0.29, 0.717) is 38.8 Å². The van der Waals surface area contributed by atoms with E-state index in [0.717, 1.165) is 54.5 Å². The van der Waals surface area contributed by atoms with E-state index in [2.05, 4.69) is 40.9 Å². The maximum Gasteiger partial charge on any atom is 0.232 e. The topological polar surface area (TPSA) is 84.3 Å². The van der Waals surface area contributed by atoms with Crippen molar-refractivity contribution in [3.63, 3.8) is 0 Å². The first-order valence-electron chi connectivity index (χ1n) is 12.5. The third-order valence-electron chi connectivity index (χ3n) is 6.12. The first-order valence-corrected chi connectivity index (χ1v) is 12.5. The predicted octanol–water partition coefficient (Wildman–Crippen LogP) is 4.20. The van der Waals surface area contributed by atoms with E-state index < -0.39 is 6.10 Å². The molecule has 1 unspecified atom stereocenters. The number of morpholine rings is 1. The molecule has 0 radical (unpaired) electrons. The van der Waals surface area contributed by atoms with Gasteiger partial charge in [0.2, 0.25) is 5.88 Å². The summed E-state index contributed by atoms with van der Waals surface area (Å²) >= 11 is 0. The molecular formula is C27H37N3O5. The normalized spacial score (nSPS) is 15.3. The van der Waals surface area contributed by atoms with Crippen LogP contribution in [0.2, 0.25) is 0 Å². The zero-order valence-corrected chi connectivity index (χ0v) is 20.8. The molecule has 8 heteroatoms. The van der Waals surface area contributed by atoms with Gasteiger partial charge in [-0.05, 0) is 31.0 Å². The molecule has 1 N–H and O–H groups in total. The van der Waals surface area contributed by atoms with Gasteiger partial charge >= 0.3 is 0 Å². The van der Waals surface area contributed by atoms with Gasteiger partial charge in [-0.3, -0.25) is 4.90 Å². The minimum atomic E-state index is -0.621. The van der Waals surface area contributed by atoms with Crippen LogP contribution in [-0.4, -0.2) is 67.3 Å². The molecule has 1 saturated heterocycles. The highest BCUT2D eigenvalue weighted by atomic mass is 16.5. The van der Waals surface area contributed by atoms with Crippen LogP contribution in [0.25, 0.3) is 11.3 Å². The highest BCUT2D eigenvalue weighted by Gasteiger charge is 2.26. The van der Waals surface area contributed by atoms with Gasteiger partial charge in [-0.15, -0.1) is 0 Å². The number of hydrogen-bond acceptors (Lipinski definition) is 8. The van der Waals surface area contributed by atoms with Gasteiger partial charge in [0.05, 0.1) is 37.8 Å². The molecule has 1 fully saturated rings. The summed E-state index contributed by atoms with van der Waals surface area (Å²) in [7, 11) is 0. The van der Waals surface area contributed by atoms with Crippen LogP contribution < -0.4 is 4.90 Å². The average molecular weight is 484 g/mol. The molecule has 8 nitrogen and oxygen atoms in total. The van der Waals surface area contributed by atoms with Gasteiger partial charge in [-0.1, -0.05) is 49.3 Å². The number of aliphatic hydroxyl groups is 1. The molecule has 2 aromatic heterocycles. The van der Waals surface area contributed by atoms with Crippen molar-refractivity contribution in [2.24, 2.45) is 5.92 Å². The van der Waals surface area contributed by atoms with Crippen molar-refractivity contribution in [2.45, 2.75) is 39.5 Å². The van der Waals surface area contributed by atoms with Crippen molar-refractivity contribution < 1.29 is 23.5 Å². The lowest BCUT2D eigenvalue weighted by molar-refractivity contribution is 0.00326. The Hall–Kier alpha value is -2.65. The van der Waals surface area contributed by atoms with Gasteiger partial charge in [0.1, 0.15) is 18.1 Å². The first kappa shape index (κ1) is 25.4. The second-order valence-corrected chi connectivity index (χ2v) is 9.45. The SMILES string of the molecule is CC(C)CCN(Cc1c(-c2ccccc2)noc1N1CCOCC1)CC(O)COCc1ccco1. The second-order valence-electron chi connectivity index (χ2n) is 9.45. The smallest absolute Gasteiger partial charge is 0.232 e. The summed E-state index contributed by atoms with van der Waals surface area (Å²) in [5.41, 5.74) is 2.92. The fourth-order valence-corrected chi connectivity index (χ4v) is 4.22. The molecule has 1 aliphatic rings. The Kier molecular flexibility index (Phi) is 9.36. The Morgan fingerprint density at radius 1 is 1.11 bits per heavy atom. The molecule has 0 bridgehead atoms. The minimum absolute atomic E-state index is 0.240. The summed E-state index contributed by atoms with van der Waals surface area (Å²) in [6.45, 7) is 9.88. The van der Waals surface area contributed by atoms with Crippen LogP contribution in [0.4, 0.5) is 5.88 Å². The Labute approximate surface area is 207 Å². The molecule has 0 aliphatic carbocycles. The lowest BCUT2D eigenvalue weighted by Gasteiger charge is -2.29. The standard InChI is InChI=1S/C27H37N3O5/c1-21(2)10-11-29(17-23(31)19-33-20-24-9-6-14-34-24)18-25-26(22-7-4-3-5-8-22)28-35-27(25)30-12-15-32-16-13-30/h3-9,14,21,23,31H,10-13,15-20H2,1-2H3. The molecular weight excluding hydrogens is 446 g/mol. The molecule has 0 amide bonds. The molecule has 0 spiro atoms. The summed E-state index contributed by atoms with van der Waals surface area (Å²) in [5.74, 6) is 2.10. The number of hydrogen-bond donors (Lipinski definition) is 1. The van der Waals surface area contributed by atoms with Crippen molar-refractivity contribution in [1.29, 1.82) is 0 Å². The van der Waals surface area contributed by atoms with Crippen LogP contribution in [-0.2, 0) is 22.6 Å². The lowest BCUT2D eigenvalue weighted by atomic mass is 10.1. The summed E-state index contributed by atoms with van der Waals surface area (Å²) < 4.78 is 22.5. The zero-order valence-electron chi connectivity index (χ0n) is 20.8. The summed E-state index contributed by atoms with van der Waals surface area (Å²) in [5, 5.41) is 15.3. The summed E-state index contributed by atoms with van der Waals surface area (Å²) in [6.07, 6.45) is 2.03. The number of aliphatic hydroxyl groups excluding tert-OH is 1. The van der Waals surface area contributed by atoms with Gasteiger partial charge in [-0.25, -0.2) is 0 Å². The Morgan fingerprint density at radius 2 is 1.91 bits per heavy atom. The van der Waals surface area contributed by atoms with E-state index in [1.54, 1.807) is 6.26 Å². The quantitative estimate of drug-likeness (QED) is 0.387. The van der Waals surface area contributed by atoms with Gasteiger partial charge < -0.3 is 28.4 Å². The van der Waals surface area contributed by atoms with Crippen LogP contribution in [0, 0.1) is 5.92 Å². The highest BCUT2D eigenvalue weighted by Crippen LogP contribution is 2.33. The third kappa shape index (κ3) is 7.41. The molecule has 1 aromatic carbocycles. The fraction of sp³-hybridized carbons (Fsp3) is 0.519. The van der Waals surface area contributed by atoms with E-state index in [4.69, 9.17) is 18.4 Å². The molecule has 3 heterocycles. The lowest BCUT2D eigenvalue weighted by Crippen LogP contribution is -2.38. The molecule has 4 rings (SSSR count). The van der Waals surface area contributed by atoms with E-state index in [1.165, 1.54) is 0 Å². The van der Waals surface area contributed by atoms with Gasteiger partial charge in [0, 0.05) is 31.7 Å². The fourth-order valence-electron chi connectivity index (χ4n) is 4.22. The number of anilines is 1. The Bertz CT molecular complexity index is 984. The van der Waals surface area contributed by atoms with Crippen LogP contribution in [0.3, 0.4) is 0 Å². The molecule has 190 valence electrons. The third-order valence-corrected chi connectivity index (χ3v) is 6.12. The molecule has 0 saturated carbocycles. The monoisotopic (exact) mass is 483 g/mol. The maximum atomic E-state index is 10.8. The first-order chi connectivity index (χ1) is 17.1. The number of furan rings is 1. The average Bonchev–Trinajstić information content (AvgIpc) is 3.54. The van der Waals surface area contributed by atoms with Crippen molar-refractivity contribution >= 4 is 5.88 Å². The predicted molar refractivity (Wildman–Crippen MR) is 134 cm³/mol. The number of nitrogens with zero attached hydrogens (tertiary/aromatic N) is 3. The van der Waals surface area contributed by atoms with Crippen LogP contribution in [0.5, 0.6) is 0 Å². The number of rotatable bonds is 13. The van der Waals surface area contributed by atoms with Gasteiger partial charge in [0.25, 0.3) is 0 Å². The molecule has 35 heavy (non-hydrogen) atoms. The van der Waals surface area contributed by atoms with Crippen molar-refractivity contribution in [3.8, 4) is 11.3 Å². The van der Waals surface area contributed by atoms with Gasteiger partial charge in [0.15, 0.2) is 0 Å². The molecule has 1 atom stereocenters. The van der Waals surface area contributed by atoms with Crippen molar-refractivity contribution in [1.82, 2.24) is 10.1 Å². The Balaban J connectivity index is 1.50. The van der Waals surface area contributed by atoms with Crippen LogP contribution in [0.1, 0.15) is 31.6 Å². The molecule has 3 aromatic rings. The van der Waals surface area contributed by atoms with E-state index in [-0.39, 0.29) is 6.61 Å². The largest absolute Gasteiger partial charge is 0.467 e. The van der Waals surface area contributed by atoms with E-state index in [1.807, 2.05) is 30.3 Å². The highest BCUT2D eigenvalue weighted by molar-refractivity contribution is 5.68. The number of aromatic nitrogens is 1. The van der Waals surface area contributed by atoms with E-state index in [9.17, 15) is 5.11 Å². The summed E-state index contributed by atoms with van der Waals surface area (Å²) in [4.78, 5) is 4.49. The minimum Gasteiger partial charge on any atom is -0.467 e. The maximum absolute atomic E-state index is 10.8. The number of ether oxygens (including phenoxy) is 2. The van der Waals surface area contributed by atoms with Crippen molar-refractivity contribution in [2.75, 3.05) is 50.9 Å². The second kappa shape index (κ2) is 12.9. The van der Waals surface area contributed by atoms with Crippen molar-refractivity contribution in [3.05, 3.63) is 60.1 Å². The Morgan fingerprint density at radius 3 is 2.63 bits per heavy atom. The van der Waals surface area contributed by atoms with Crippen LogP contribution in [0.15, 0.2) is 57.7 Å². The van der Waals surface area contributed by atoms with E-state index >= 15 is 0 Å². The number of benzene rings is 1. The zero-order chi connectivity index (χ0) is 24.5. The van der Waals surface area contributed by atoms with Crippen LogP contribution >= 0.6 is 0 Å². The summed E-state index contributed by atoms with van der Waals surface area (Å²) in [6, 6.07) is 13.8. The molecule has 1 aliphatic heterocycles. The van der Waals surface area contributed by atoms with Gasteiger partial charge in [-0.2, -0.15) is 0 Å².